The summed E-state index contributed by atoms with van der Waals surface area (Å²) in [5.41, 5.74) is 0.934. The Balaban J connectivity index is 1.50. The third-order valence-electron chi connectivity index (χ3n) is 7.70. The van der Waals surface area contributed by atoms with Gasteiger partial charge in [0.15, 0.2) is 40.2 Å². The molecule has 0 spiro atoms. The quantitative estimate of drug-likeness (QED) is 0.118. The van der Waals surface area contributed by atoms with Gasteiger partial charge in [-0.1, -0.05) is 24.3 Å². The summed E-state index contributed by atoms with van der Waals surface area (Å²) in [6.45, 7) is 3.02. The molecular weight excluding hydrogens is 561 g/mol. The highest BCUT2D eigenvalue weighted by atomic mass is 32.2. The zero-order chi connectivity index (χ0) is 29.1. The van der Waals surface area contributed by atoms with E-state index in [4.69, 9.17) is 0 Å². The van der Waals surface area contributed by atoms with Gasteiger partial charge in [-0.2, -0.15) is 0 Å². The number of carbonyl (C=O) groups is 2. The van der Waals surface area contributed by atoms with Crippen molar-refractivity contribution in [1.29, 1.82) is 0 Å². The van der Waals surface area contributed by atoms with Crippen LogP contribution in [0.15, 0.2) is 119 Å². The first kappa shape index (κ1) is 26.1. The minimum Gasteiger partial charge on any atom is -0.295 e. The maximum atomic E-state index is 13.5. The summed E-state index contributed by atoms with van der Waals surface area (Å²) < 4.78 is 3.76. The molecule has 6 heteroatoms. The Hall–Kier alpha value is -4.78. The van der Waals surface area contributed by atoms with Crippen molar-refractivity contribution in [3.8, 4) is 9.79 Å². The predicted molar refractivity (Wildman–Crippen MR) is 177 cm³/mol. The molecule has 0 radical (unpaired) electrons. The molecule has 0 bridgehead atoms. The van der Waals surface area contributed by atoms with E-state index >= 15 is 0 Å². The molecule has 0 saturated heterocycles. The van der Waals surface area contributed by atoms with E-state index in [-0.39, 0.29) is 22.4 Å². The number of benzene rings is 5. The Morgan fingerprint density at radius 2 is 0.810 bits per heavy atom. The molecule has 2 atom stereocenters. The fraction of sp³-hybridized carbons (Fsp3) is 0.0556. The van der Waals surface area contributed by atoms with Crippen LogP contribution in [0.3, 0.4) is 0 Å². The van der Waals surface area contributed by atoms with Crippen LogP contribution in [0.5, 0.6) is 0 Å². The summed E-state index contributed by atoms with van der Waals surface area (Å²) in [5.74, 6) is -0.145. The summed E-state index contributed by atoms with van der Waals surface area (Å²) >= 11 is 0. The van der Waals surface area contributed by atoms with Crippen molar-refractivity contribution in [3.05, 3.63) is 141 Å². The van der Waals surface area contributed by atoms with E-state index in [1.165, 1.54) is 13.8 Å². The van der Waals surface area contributed by atoms with Crippen molar-refractivity contribution in [1.82, 2.24) is 0 Å². The van der Waals surface area contributed by atoms with Crippen LogP contribution in [0, 0.1) is 0 Å². The number of fused-ring (bicyclic) bond motifs is 4. The lowest BCUT2D eigenvalue weighted by atomic mass is 10.1. The molecule has 7 rings (SSSR count). The highest BCUT2D eigenvalue weighted by Gasteiger charge is 2.27. The summed E-state index contributed by atoms with van der Waals surface area (Å²) in [7, 11) is -1.08. The van der Waals surface area contributed by atoms with Crippen LogP contribution in [0.4, 0.5) is 0 Å². The predicted octanol–water partition coefficient (Wildman–Crippen LogP) is 8.90. The van der Waals surface area contributed by atoms with E-state index in [1.807, 2.05) is 60.7 Å². The van der Waals surface area contributed by atoms with Crippen LogP contribution in [0.1, 0.15) is 34.6 Å². The zero-order valence-corrected chi connectivity index (χ0v) is 24.5. The van der Waals surface area contributed by atoms with Crippen LogP contribution >= 0.6 is 20.9 Å². The minimum atomic E-state index is -0.538. The van der Waals surface area contributed by atoms with Crippen LogP contribution in [-0.4, -0.2) is 11.6 Å². The number of rotatable bonds is 4. The number of carbonyl (C=O) groups excluding carboxylic acids is 2. The zero-order valence-electron chi connectivity index (χ0n) is 22.8. The largest absolute Gasteiger partial charge is 0.295 e. The molecule has 0 aliphatic carbocycles. The van der Waals surface area contributed by atoms with Gasteiger partial charge >= 0.3 is 0 Å². The summed E-state index contributed by atoms with van der Waals surface area (Å²) in [6, 6.07) is 34.8. The molecule has 0 amide bonds. The lowest BCUT2D eigenvalue weighted by molar-refractivity contribution is 0.100. The second-order valence-corrected chi connectivity index (χ2v) is 14.2. The van der Waals surface area contributed by atoms with E-state index in [1.54, 1.807) is 24.3 Å². The SMILES string of the molecule is CC(=O)c1ccc2c(c1)c(=O)c1ccccc1[s+]2-c1ccc(-[s+]2c3ccccc3c(=O)c3cc(C(C)=O)ccc32)cc1. The maximum Gasteiger partial charge on any atom is 0.204 e. The summed E-state index contributed by atoms with van der Waals surface area (Å²) in [5, 5.41) is 2.47. The van der Waals surface area contributed by atoms with Crippen molar-refractivity contribution >= 4 is 72.9 Å². The summed E-state index contributed by atoms with van der Waals surface area (Å²) in [6.07, 6.45) is 0. The van der Waals surface area contributed by atoms with Gasteiger partial charge < -0.3 is 0 Å². The van der Waals surface area contributed by atoms with Crippen LogP contribution in [0.2, 0.25) is 0 Å². The van der Waals surface area contributed by atoms with Gasteiger partial charge in [0.25, 0.3) is 0 Å². The summed E-state index contributed by atoms with van der Waals surface area (Å²) in [4.78, 5) is 53.4. The Kier molecular flexibility index (Phi) is 6.19. The molecule has 0 aliphatic rings. The van der Waals surface area contributed by atoms with Gasteiger partial charge in [0.2, 0.25) is 10.9 Å². The van der Waals surface area contributed by atoms with Gasteiger partial charge in [0.05, 0.1) is 21.5 Å². The second-order valence-electron chi connectivity index (χ2n) is 10.3. The maximum absolute atomic E-state index is 13.5. The third-order valence-corrected chi connectivity index (χ3v) is 12.4. The molecule has 202 valence electrons. The number of hydrogen-bond acceptors (Lipinski definition) is 4. The molecule has 7 aromatic rings. The van der Waals surface area contributed by atoms with Crippen LogP contribution in [-0.2, 0) is 0 Å². The van der Waals surface area contributed by atoms with E-state index in [0.29, 0.717) is 32.7 Å². The molecular formula is C36H24O4S2+2. The van der Waals surface area contributed by atoms with E-state index in [9.17, 15) is 19.2 Å². The fourth-order valence-corrected chi connectivity index (χ4v) is 10.3. The fourth-order valence-electron chi connectivity index (χ4n) is 5.62. The molecule has 5 aromatic carbocycles. The molecule has 2 heterocycles. The van der Waals surface area contributed by atoms with Crippen LogP contribution in [0.25, 0.3) is 50.1 Å². The average Bonchev–Trinajstić information content (AvgIpc) is 3.01. The molecule has 0 fully saturated rings. The number of hydrogen-bond donors (Lipinski definition) is 0. The van der Waals surface area contributed by atoms with Crippen molar-refractivity contribution in [2.75, 3.05) is 0 Å². The molecule has 0 saturated carbocycles. The van der Waals surface area contributed by atoms with Crippen molar-refractivity contribution in [2.24, 2.45) is 0 Å². The molecule has 0 N–H and O–H groups in total. The van der Waals surface area contributed by atoms with Gasteiger partial charge in [-0.15, -0.1) is 0 Å². The first-order valence-corrected chi connectivity index (χ1v) is 15.9. The van der Waals surface area contributed by atoms with Gasteiger partial charge in [-0.3, -0.25) is 19.2 Å². The lowest BCUT2D eigenvalue weighted by Gasteiger charge is -2.06. The van der Waals surface area contributed by atoms with E-state index in [0.717, 1.165) is 28.6 Å². The Morgan fingerprint density at radius 3 is 1.19 bits per heavy atom. The number of ketones is 2. The van der Waals surface area contributed by atoms with Gasteiger partial charge in [0.1, 0.15) is 0 Å². The van der Waals surface area contributed by atoms with Gasteiger partial charge in [-0.05, 0) is 74.5 Å². The normalized spacial score (nSPS) is 12.3. The first-order valence-electron chi connectivity index (χ1n) is 13.5. The molecule has 4 nitrogen and oxygen atoms in total. The van der Waals surface area contributed by atoms with E-state index in [2.05, 4.69) is 24.3 Å². The molecule has 0 aliphatic heterocycles. The molecule has 2 aromatic heterocycles. The number of Topliss-reactive ketones (excluding diaryl/α,β-unsaturated/α-hetero) is 2. The van der Waals surface area contributed by atoms with Crippen molar-refractivity contribution in [3.63, 3.8) is 0 Å². The first-order chi connectivity index (χ1) is 20.3. The minimum absolute atomic E-state index is 0.0597. The Morgan fingerprint density at radius 1 is 0.452 bits per heavy atom. The average molecular weight is 585 g/mol. The van der Waals surface area contributed by atoms with E-state index < -0.39 is 20.9 Å². The third kappa shape index (κ3) is 4.03. The smallest absolute Gasteiger partial charge is 0.204 e. The van der Waals surface area contributed by atoms with Crippen molar-refractivity contribution in [2.45, 2.75) is 13.8 Å². The highest BCUT2D eigenvalue weighted by Crippen LogP contribution is 2.47. The van der Waals surface area contributed by atoms with Crippen LogP contribution < -0.4 is 10.9 Å². The molecule has 42 heavy (non-hydrogen) atoms. The lowest BCUT2D eigenvalue weighted by Crippen LogP contribution is -2.04. The highest BCUT2D eigenvalue weighted by molar-refractivity contribution is 7.50. The molecule has 2 unspecified atom stereocenters. The van der Waals surface area contributed by atoms with Gasteiger partial charge in [0, 0.05) is 56.3 Å². The second kappa shape index (κ2) is 9.94. The standard InChI is InChI=1S/C36H24O4S2/c1-21(37)23-11-17-33-29(19-23)35(39)27-7-3-5-9-31(27)41(33)25-13-15-26(16-14-25)42-32-10-6-4-8-28(32)36(40)30-20-24(22(2)38)12-18-34(30)42/h3-20H,1-2H3/q+2. The van der Waals surface area contributed by atoms with Crippen molar-refractivity contribution < 1.29 is 9.59 Å². The monoisotopic (exact) mass is 584 g/mol. The topological polar surface area (TPSA) is 68.3 Å². The van der Waals surface area contributed by atoms with Gasteiger partial charge in [-0.25, -0.2) is 0 Å². The Labute approximate surface area is 246 Å². The Bertz CT molecular complexity index is 2230.